The minimum atomic E-state index is -0.198. The number of esters is 1. The maximum absolute atomic E-state index is 11.3. The van der Waals surface area contributed by atoms with Gasteiger partial charge in [-0.3, -0.25) is 4.79 Å². The molecule has 0 unspecified atom stereocenters. The first-order valence-corrected chi connectivity index (χ1v) is 7.20. The van der Waals surface area contributed by atoms with Crippen molar-refractivity contribution in [3.8, 4) is 0 Å². The second-order valence-corrected chi connectivity index (χ2v) is 4.31. The molecule has 0 bridgehead atoms. The fraction of sp³-hybridized carbons (Fsp3) is 0.643. The summed E-state index contributed by atoms with van der Waals surface area (Å²) in [6, 6.07) is 0. The van der Waals surface area contributed by atoms with Crippen LogP contribution < -0.4 is 10.6 Å². The van der Waals surface area contributed by atoms with Crippen LogP contribution in [-0.2, 0) is 16.0 Å². The van der Waals surface area contributed by atoms with Crippen LogP contribution in [0.3, 0.4) is 0 Å². The molecule has 1 aromatic rings. The van der Waals surface area contributed by atoms with Crippen molar-refractivity contribution in [3.63, 3.8) is 0 Å². The first-order valence-electron chi connectivity index (χ1n) is 7.20. The lowest BCUT2D eigenvalue weighted by Gasteiger charge is -2.13. The largest absolute Gasteiger partial charge is 0.466 e. The molecule has 112 valence electrons. The van der Waals surface area contributed by atoms with Crippen molar-refractivity contribution in [1.82, 2.24) is 9.97 Å². The lowest BCUT2D eigenvalue weighted by atomic mass is 10.2. The molecule has 0 amide bonds. The molecule has 0 aliphatic rings. The first-order chi connectivity index (χ1) is 9.72. The molecule has 20 heavy (non-hydrogen) atoms. The Morgan fingerprint density at radius 3 is 2.35 bits per heavy atom. The smallest absolute Gasteiger partial charge is 0.307 e. The molecule has 0 spiro atoms. The molecule has 0 atom stereocenters. The van der Waals surface area contributed by atoms with Gasteiger partial charge in [-0.05, 0) is 19.8 Å². The molecule has 0 aromatic carbocycles. The Kier molecular flexibility index (Phi) is 7.39. The van der Waals surface area contributed by atoms with Crippen LogP contribution in [0.25, 0.3) is 0 Å². The van der Waals surface area contributed by atoms with Crippen molar-refractivity contribution in [1.29, 1.82) is 0 Å². The quantitative estimate of drug-likeness (QED) is 0.676. The molecule has 0 saturated carbocycles. The van der Waals surface area contributed by atoms with Crippen LogP contribution in [-0.4, -0.2) is 35.6 Å². The Balaban J connectivity index is 2.62. The molecule has 6 heteroatoms. The summed E-state index contributed by atoms with van der Waals surface area (Å²) in [4.78, 5) is 19.8. The number of aromatic nitrogens is 2. The topological polar surface area (TPSA) is 76.1 Å². The molecular weight excluding hydrogens is 256 g/mol. The lowest BCUT2D eigenvalue weighted by molar-refractivity contribution is -0.142. The van der Waals surface area contributed by atoms with Crippen molar-refractivity contribution in [2.45, 2.75) is 40.0 Å². The zero-order valence-electron chi connectivity index (χ0n) is 12.5. The predicted molar refractivity (Wildman–Crippen MR) is 79.9 cm³/mol. The number of hydrogen-bond acceptors (Lipinski definition) is 6. The van der Waals surface area contributed by atoms with E-state index in [2.05, 4.69) is 34.4 Å². The summed E-state index contributed by atoms with van der Waals surface area (Å²) in [5, 5.41) is 6.47. The van der Waals surface area contributed by atoms with Gasteiger partial charge in [-0.25, -0.2) is 9.97 Å². The van der Waals surface area contributed by atoms with E-state index in [0.29, 0.717) is 19.6 Å². The maximum Gasteiger partial charge on any atom is 0.307 e. The highest BCUT2D eigenvalue weighted by Gasteiger charge is 2.09. The standard InChI is InChI=1S/C14H24N4O2/c1-4-8-15-13-11(5-2)14(18-10-17-13)16-9-7-12(19)20-6-3/h10H,4-9H2,1-3H3,(H2,15,16,17,18). The van der Waals surface area contributed by atoms with Crippen LogP contribution >= 0.6 is 0 Å². The first kappa shape index (κ1) is 16.2. The number of hydrogen-bond donors (Lipinski definition) is 2. The number of nitrogens with one attached hydrogen (secondary N) is 2. The normalized spacial score (nSPS) is 10.2. The summed E-state index contributed by atoms with van der Waals surface area (Å²) in [7, 11) is 0. The number of rotatable bonds is 9. The van der Waals surface area contributed by atoms with Gasteiger partial charge in [0, 0.05) is 18.7 Å². The Bertz CT molecular complexity index is 424. The van der Waals surface area contributed by atoms with E-state index in [1.807, 2.05) is 0 Å². The van der Waals surface area contributed by atoms with Crippen LogP contribution in [0.1, 0.15) is 39.2 Å². The summed E-state index contributed by atoms with van der Waals surface area (Å²) in [6.45, 7) is 7.78. The average molecular weight is 280 g/mol. The second-order valence-electron chi connectivity index (χ2n) is 4.31. The minimum Gasteiger partial charge on any atom is -0.466 e. The van der Waals surface area contributed by atoms with Crippen LogP contribution in [0, 0.1) is 0 Å². The lowest BCUT2D eigenvalue weighted by Crippen LogP contribution is -2.14. The van der Waals surface area contributed by atoms with Crippen LogP contribution in [0.5, 0.6) is 0 Å². The van der Waals surface area contributed by atoms with Gasteiger partial charge in [0.1, 0.15) is 18.0 Å². The molecule has 0 radical (unpaired) electrons. The third-order valence-electron chi connectivity index (χ3n) is 2.77. The Hall–Kier alpha value is -1.85. The Morgan fingerprint density at radius 2 is 1.80 bits per heavy atom. The van der Waals surface area contributed by atoms with Crippen molar-refractivity contribution in [3.05, 3.63) is 11.9 Å². The van der Waals surface area contributed by atoms with E-state index < -0.39 is 0 Å². The molecule has 2 N–H and O–H groups in total. The molecule has 0 aliphatic carbocycles. The fourth-order valence-electron chi connectivity index (χ4n) is 1.81. The molecule has 0 fully saturated rings. The zero-order chi connectivity index (χ0) is 14.8. The second kappa shape index (κ2) is 9.12. The fourth-order valence-corrected chi connectivity index (χ4v) is 1.81. The van der Waals surface area contributed by atoms with Gasteiger partial charge in [0.15, 0.2) is 0 Å². The third kappa shape index (κ3) is 5.03. The monoisotopic (exact) mass is 280 g/mol. The molecule has 1 heterocycles. The van der Waals surface area contributed by atoms with Gasteiger partial charge in [-0.1, -0.05) is 13.8 Å². The van der Waals surface area contributed by atoms with Crippen molar-refractivity contribution < 1.29 is 9.53 Å². The van der Waals surface area contributed by atoms with Crippen LogP contribution in [0.15, 0.2) is 6.33 Å². The maximum atomic E-state index is 11.3. The molecule has 6 nitrogen and oxygen atoms in total. The summed E-state index contributed by atoms with van der Waals surface area (Å²) in [5.74, 6) is 1.45. The van der Waals surface area contributed by atoms with E-state index in [4.69, 9.17) is 4.74 Å². The highest BCUT2D eigenvalue weighted by Crippen LogP contribution is 2.20. The Morgan fingerprint density at radius 1 is 1.15 bits per heavy atom. The highest BCUT2D eigenvalue weighted by molar-refractivity contribution is 5.70. The molecule has 0 aliphatic heterocycles. The number of nitrogens with zero attached hydrogens (tertiary/aromatic N) is 2. The minimum absolute atomic E-state index is 0.198. The van der Waals surface area contributed by atoms with E-state index in [9.17, 15) is 4.79 Å². The van der Waals surface area contributed by atoms with E-state index in [0.717, 1.165) is 36.6 Å². The zero-order valence-corrected chi connectivity index (χ0v) is 12.5. The molecule has 1 rings (SSSR count). The van der Waals surface area contributed by atoms with Gasteiger partial charge in [-0.2, -0.15) is 0 Å². The number of ether oxygens (including phenoxy) is 1. The summed E-state index contributed by atoms with van der Waals surface area (Å²) < 4.78 is 4.89. The Labute approximate surface area is 120 Å². The van der Waals surface area contributed by atoms with E-state index in [1.54, 1.807) is 6.92 Å². The predicted octanol–water partition coefficient (Wildman–Crippen LogP) is 2.23. The highest BCUT2D eigenvalue weighted by atomic mass is 16.5. The van der Waals surface area contributed by atoms with Crippen molar-refractivity contribution in [2.24, 2.45) is 0 Å². The SMILES string of the molecule is CCCNc1ncnc(NCCC(=O)OCC)c1CC. The van der Waals surface area contributed by atoms with E-state index in [1.165, 1.54) is 6.33 Å². The summed E-state index contributed by atoms with van der Waals surface area (Å²) >= 11 is 0. The van der Waals surface area contributed by atoms with Gasteiger partial charge in [-0.15, -0.1) is 0 Å². The average Bonchev–Trinajstić information content (AvgIpc) is 2.45. The van der Waals surface area contributed by atoms with Gasteiger partial charge in [0.2, 0.25) is 0 Å². The molecular formula is C14H24N4O2. The number of anilines is 2. The third-order valence-corrected chi connectivity index (χ3v) is 2.77. The van der Waals surface area contributed by atoms with Gasteiger partial charge in [0.25, 0.3) is 0 Å². The van der Waals surface area contributed by atoms with Crippen LogP contribution in [0.4, 0.5) is 11.6 Å². The van der Waals surface area contributed by atoms with Gasteiger partial charge < -0.3 is 15.4 Å². The summed E-state index contributed by atoms with van der Waals surface area (Å²) in [5.41, 5.74) is 1.05. The number of carbonyl (C=O) groups excluding carboxylic acids is 1. The van der Waals surface area contributed by atoms with Gasteiger partial charge >= 0.3 is 5.97 Å². The summed E-state index contributed by atoms with van der Waals surface area (Å²) in [6.07, 6.45) is 3.73. The van der Waals surface area contributed by atoms with E-state index in [-0.39, 0.29) is 5.97 Å². The van der Waals surface area contributed by atoms with Gasteiger partial charge in [0.05, 0.1) is 13.0 Å². The van der Waals surface area contributed by atoms with Crippen molar-refractivity contribution in [2.75, 3.05) is 30.3 Å². The van der Waals surface area contributed by atoms with E-state index >= 15 is 0 Å². The number of carbonyl (C=O) groups is 1. The van der Waals surface area contributed by atoms with Crippen molar-refractivity contribution >= 4 is 17.6 Å². The molecule has 0 saturated heterocycles. The van der Waals surface area contributed by atoms with Crippen LogP contribution in [0.2, 0.25) is 0 Å². The molecule has 1 aromatic heterocycles.